The Morgan fingerprint density at radius 2 is 1.61 bits per heavy atom. The number of benzene rings is 2. The van der Waals surface area contributed by atoms with Crippen molar-refractivity contribution in [2.75, 3.05) is 77.8 Å². The van der Waals surface area contributed by atoms with Gasteiger partial charge in [0, 0.05) is 94.9 Å². The molecule has 15 nitrogen and oxygen atoms in total. The molecular formula is C48H56ClF2N11O4. The lowest BCUT2D eigenvalue weighted by Crippen LogP contribution is -2.48. The fourth-order valence-electron chi connectivity index (χ4n) is 11.3. The average molecular weight is 924 g/mol. The van der Waals surface area contributed by atoms with E-state index in [1.54, 1.807) is 24.0 Å². The molecule has 2 N–H and O–H groups in total. The molecule has 11 rings (SSSR count). The number of anilines is 6. The predicted molar refractivity (Wildman–Crippen MR) is 252 cm³/mol. The van der Waals surface area contributed by atoms with Gasteiger partial charge in [-0.15, -0.1) is 0 Å². The number of halogens is 3. The van der Waals surface area contributed by atoms with Gasteiger partial charge in [-0.05, 0) is 111 Å². The molecule has 66 heavy (non-hydrogen) atoms. The number of piperidine rings is 2. The zero-order valence-corrected chi connectivity index (χ0v) is 38.3. The molecule has 3 aromatic heterocycles. The van der Waals surface area contributed by atoms with Crippen molar-refractivity contribution in [2.45, 2.75) is 82.6 Å². The van der Waals surface area contributed by atoms with Gasteiger partial charge in [0.15, 0.2) is 18.2 Å². The van der Waals surface area contributed by atoms with E-state index < -0.39 is 24.1 Å². The first-order valence-corrected chi connectivity index (χ1v) is 24.0. The van der Waals surface area contributed by atoms with E-state index in [1.165, 1.54) is 35.2 Å². The molecule has 2 aromatic carbocycles. The minimum atomic E-state index is -3.12. The van der Waals surface area contributed by atoms with Gasteiger partial charge in [0.2, 0.25) is 23.5 Å². The fraction of sp³-hybridized carbons (Fsp3) is 0.542. The van der Waals surface area contributed by atoms with Crippen LogP contribution in [0.3, 0.4) is 0 Å². The van der Waals surface area contributed by atoms with Crippen LogP contribution in [0.15, 0.2) is 47.4 Å². The summed E-state index contributed by atoms with van der Waals surface area (Å²) in [5, 5.41) is 12.8. The Kier molecular flexibility index (Phi) is 10.9. The molecule has 6 aliphatic rings. The molecule has 0 unspecified atom stereocenters. The number of ether oxygens (including phenoxy) is 1. The third-order valence-electron chi connectivity index (χ3n) is 15.4. The Balaban J connectivity index is 0.689. The van der Waals surface area contributed by atoms with Crippen LogP contribution in [0.4, 0.5) is 43.4 Å². The highest BCUT2D eigenvalue weighted by atomic mass is 35.5. The number of aromatic nitrogens is 5. The molecule has 2 saturated carbocycles. The van der Waals surface area contributed by atoms with Crippen molar-refractivity contribution < 1.29 is 23.1 Å². The molecule has 1 spiro atoms. The zero-order valence-electron chi connectivity index (χ0n) is 37.5. The van der Waals surface area contributed by atoms with E-state index in [0.717, 1.165) is 75.2 Å². The number of rotatable bonds is 8. The van der Waals surface area contributed by atoms with Crippen LogP contribution in [-0.4, -0.2) is 105 Å². The summed E-state index contributed by atoms with van der Waals surface area (Å²) in [6.07, 6.45) is 11.5. The number of aryl methyl sites for hydroxylation is 2. The largest absolute Gasteiger partial charge is 0.480 e. The first-order valence-electron chi connectivity index (χ1n) is 23.6. The van der Waals surface area contributed by atoms with Crippen molar-refractivity contribution in [3.05, 3.63) is 58.0 Å². The van der Waals surface area contributed by atoms with E-state index in [2.05, 4.69) is 47.5 Å². The summed E-state index contributed by atoms with van der Waals surface area (Å²) in [5.41, 5.74) is 3.43. The number of piperazine rings is 1. The number of pyridine rings is 1. The normalized spacial score (nSPS) is 22.7. The smallest absolute Gasteiger partial charge is 0.301 e. The number of alkyl halides is 2. The van der Waals surface area contributed by atoms with E-state index in [-0.39, 0.29) is 29.2 Å². The number of imide groups is 1. The van der Waals surface area contributed by atoms with Crippen LogP contribution in [0.1, 0.15) is 70.6 Å². The van der Waals surface area contributed by atoms with Gasteiger partial charge in [0.1, 0.15) is 5.02 Å². The highest BCUT2D eigenvalue weighted by Crippen LogP contribution is 2.48. The molecule has 2 amide bonds. The van der Waals surface area contributed by atoms with Crippen LogP contribution < -0.4 is 35.6 Å². The Morgan fingerprint density at radius 3 is 2.33 bits per heavy atom. The summed E-state index contributed by atoms with van der Waals surface area (Å²) >= 11 is 6.67. The van der Waals surface area contributed by atoms with E-state index in [9.17, 15) is 14.4 Å². The standard InChI is InChI=1S/C48H56ClF2N11O4/c1-57-36-11-8-31(24-34(36)40-41(45(57)65)66-28-48(50,51)42(54-40)30-6-7-30)53-43-35(49)26-52-46(55-43)61-18-16-47(17-19-61)14-12-29(13-15-47)27-59-20-22-60(23-21-59)32-9-10-33-37(25-32)58(2)56-44(33)62-38(63)4-3-5-39(62)64/h8-11,24-26,29-30,42,54H,3-7,12-23,27-28H2,1-2H3,(H,52,53,55)/t42-/m0/s1. The van der Waals surface area contributed by atoms with E-state index >= 15 is 8.78 Å². The Morgan fingerprint density at radius 1 is 0.864 bits per heavy atom. The molecule has 5 fully saturated rings. The SMILES string of the molecule is Cn1nc(N2C(=O)CCCC2=O)c2ccc(N3CCN(CC4CCC5(CC4)CCN(c4ncc(Cl)c(Nc6ccc7c(c6)c6c(c(=O)n7C)OCC(F)(F)[C@H](C7CC7)N6)n4)CC5)CC3)cc21. The quantitative estimate of drug-likeness (QED) is 0.149. The molecule has 5 aromatic rings. The summed E-state index contributed by atoms with van der Waals surface area (Å²) in [7, 11) is 3.49. The van der Waals surface area contributed by atoms with Gasteiger partial charge in [0.25, 0.3) is 5.56 Å². The summed E-state index contributed by atoms with van der Waals surface area (Å²) < 4.78 is 39.1. The zero-order chi connectivity index (χ0) is 45.5. The van der Waals surface area contributed by atoms with Crippen molar-refractivity contribution in [3.8, 4) is 5.75 Å². The average Bonchev–Trinajstić information content (AvgIpc) is 4.12. The van der Waals surface area contributed by atoms with Gasteiger partial charge in [-0.2, -0.15) is 10.1 Å². The topological polar surface area (TPSA) is 146 Å². The van der Waals surface area contributed by atoms with E-state index in [1.807, 2.05) is 25.2 Å². The van der Waals surface area contributed by atoms with Gasteiger partial charge < -0.3 is 29.7 Å². The Hall–Kier alpha value is -5.55. The Bertz CT molecular complexity index is 2770. The molecule has 4 aliphatic heterocycles. The van der Waals surface area contributed by atoms with Gasteiger partial charge in [0.05, 0.1) is 29.0 Å². The maximum Gasteiger partial charge on any atom is 0.301 e. The molecule has 348 valence electrons. The molecule has 0 radical (unpaired) electrons. The van der Waals surface area contributed by atoms with Crippen LogP contribution >= 0.6 is 11.6 Å². The van der Waals surface area contributed by atoms with Gasteiger partial charge in [-0.25, -0.2) is 18.7 Å². The maximum atomic E-state index is 15.2. The first-order chi connectivity index (χ1) is 31.8. The minimum Gasteiger partial charge on any atom is -0.480 e. The second-order valence-electron chi connectivity index (χ2n) is 19.6. The molecule has 7 heterocycles. The second-order valence-corrected chi connectivity index (χ2v) is 20.1. The molecule has 3 saturated heterocycles. The van der Waals surface area contributed by atoms with E-state index in [4.69, 9.17) is 21.3 Å². The number of hydrogen-bond donors (Lipinski definition) is 2. The molecule has 18 heteroatoms. The number of nitrogens with zero attached hydrogens (tertiary/aromatic N) is 9. The third kappa shape index (κ3) is 7.88. The number of amides is 2. The van der Waals surface area contributed by atoms with Crippen LogP contribution in [0.5, 0.6) is 5.75 Å². The Labute approximate surface area is 386 Å². The highest BCUT2D eigenvalue weighted by Gasteiger charge is 2.51. The van der Waals surface area contributed by atoms with Gasteiger partial charge in [-0.1, -0.05) is 11.6 Å². The number of carbonyl (C=O) groups is 2. The third-order valence-corrected chi connectivity index (χ3v) is 15.7. The van der Waals surface area contributed by atoms with Crippen molar-refractivity contribution >= 4 is 79.9 Å². The second kappa shape index (κ2) is 16.6. The van der Waals surface area contributed by atoms with Crippen molar-refractivity contribution in [2.24, 2.45) is 31.3 Å². The predicted octanol–water partition coefficient (Wildman–Crippen LogP) is 7.47. The van der Waals surface area contributed by atoms with Crippen LogP contribution in [-0.2, 0) is 23.7 Å². The fourth-order valence-corrected chi connectivity index (χ4v) is 11.4. The molecule has 0 bridgehead atoms. The van der Waals surface area contributed by atoms with Crippen LogP contribution in [0, 0.1) is 17.3 Å². The lowest BCUT2D eigenvalue weighted by Gasteiger charge is -2.47. The van der Waals surface area contributed by atoms with Crippen molar-refractivity contribution in [3.63, 3.8) is 0 Å². The summed E-state index contributed by atoms with van der Waals surface area (Å²) in [4.78, 5) is 56.7. The monoisotopic (exact) mass is 923 g/mol. The highest BCUT2D eigenvalue weighted by molar-refractivity contribution is 6.33. The maximum absolute atomic E-state index is 15.2. The van der Waals surface area contributed by atoms with Crippen molar-refractivity contribution in [1.29, 1.82) is 0 Å². The van der Waals surface area contributed by atoms with Crippen molar-refractivity contribution in [1.82, 2.24) is 29.2 Å². The number of nitrogens with one attached hydrogen (secondary N) is 2. The first kappa shape index (κ1) is 43.0. The molecule has 1 atom stereocenters. The van der Waals surface area contributed by atoms with Gasteiger partial charge >= 0.3 is 5.92 Å². The molecular weight excluding hydrogens is 868 g/mol. The summed E-state index contributed by atoms with van der Waals surface area (Å²) in [5.74, 6) is -1.56. The van der Waals surface area contributed by atoms with Gasteiger partial charge in [-0.3, -0.25) is 24.0 Å². The number of hydrogen-bond acceptors (Lipinski definition) is 12. The summed E-state index contributed by atoms with van der Waals surface area (Å²) in [6.45, 7) is 5.92. The van der Waals surface area contributed by atoms with E-state index in [0.29, 0.717) is 82.6 Å². The lowest BCUT2D eigenvalue weighted by molar-refractivity contribution is -0.129. The lowest BCUT2D eigenvalue weighted by atomic mass is 9.65. The van der Waals surface area contributed by atoms with Crippen LogP contribution in [0.25, 0.3) is 21.8 Å². The summed E-state index contributed by atoms with van der Waals surface area (Å²) in [6, 6.07) is 10.6. The number of fused-ring (bicyclic) bond motifs is 4. The molecule has 2 aliphatic carbocycles. The number of carbonyl (C=O) groups excluding carboxylic acids is 2. The minimum absolute atomic E-state index is 0.0966. The van der Waals surface area contributed by atoms with Crippen LogP contribution in [0.2, 0.25) is 5.02 Å².